The molecule has 3 rings (SSSR count). The number of hydrogen-bond donors (Lipinski definition) is 1. The predicted octanol–water partition coefficient (Wildman–Crippen LogP) is 2.28. The molecule has 5 nitrogen and oxygen atoms in total. The molecule has 2 aromatic rings. The Kier molecular flexibility index (Phi) is 3.47. The second-order valence-electron chi connectivity index (χ2n) is 5.04. The summed E-state index contributed by atoms with van der Waals surface area (Å²) in [5.74, 6) is -1.72. The fourth-order valence-corrected chi connectivity index (χ4v) is 3.39. The molecule has 1 N–H and O–H groups in total. The lowest BCUT2D eigenvalue weighted by Gasteiger charge is -2.32. The van der Waals surface area contributed by atoms with Crippen LogP contribution in [0.25, 0.3) is 0 Å². The van der Waals surface area contributed by atoms with E-state index in [2.05, 4.69) is 4.98 Å². The van der Waals surface area contributed by atoms with Crippen LogP contribution in [-0.4, -0.2) is 33.4 Å². The van der Waals surface area contributed by atoms with Crippen LogP contribution in [0.2, 0.25) is 0 Å². The summed E-state index contributed by atoms with van der Waals surface area (Å²) in [5.41, 5.74) is 4.02. The number of hydrogen-bond acceptors (Lipinski definition) is 4. The van der Waals surface area contributed by atoms with Crippen LogP contribution < -0.4 is 0 Å². The zero-order valence-electron chi connectivity index (χ0n) is 11.4. The Hall–Kier alpha value is -2.21. The first kappa shape index (κ1) is 13.8. The van der Waals surface area contributed by atoms with Gasteiger partial charge in [-0.3, -0.25) is 9.59 Å². The van der Waals surface area contributed by atoms with Gasteiger partial charge in [0.2, 0.25) is 0 Å². The Morgan fingerprint density at radius 2 is 2.14 bits per heavy atom. The number of amides is 1. The molecule has 0 spiro atoms. The van der Waals surface area contributed by atoms with Gasteiger partial charge in [0.15, 0.2) is 0 Å². The first-order valence-corrected chi connectivity index (χ1v) is 7.46. The Morgan fingerprint density at radius 3 is 2.81 bits per heavy atom. The standard InChI is InChI=1S/C15H14N2O3S/c1-9-13(21-8-16-9)14(18)17-6-10-4-2-3-5-11(10)12(7-17)15(19)20/h2-5,8,12H,6-7H2,1H3,(H,19,20). The van der Waals surface area contributed by atoms with Crippen LogP contribution in [-0.2, 0) is 11.3 Å². The van der Waals surface area contributed by atoms with Gasteiger partial charge in [-0.2, -0.15) is 0 Å². The summed E-state index contributed by atoms with van der Waals surface area (Å²) in [7, 11) is 0. The molecule has 108 valence electrons. The molecule has 21 heavy (non-hydrogen) atoms. The number of aromatic nitrogens is 1. The maximum atomic E-state index is 12.6. The highest BCUT2D eigenvalue weighted by molar-refractivity contribution is 7.11. The van der Waals surface area contributed by atoms with Gasteiger partial charge in [-0.05, 0) is 18.1 Å². The number of rotatable bonds is 2. The largest absolute Gasteiger partial charge is 0.481 e. The van der Waals surface area contributed by atoms with E-state index in [1.807, 2.05) is 24.3 Å². The van der Waals surface area contributed by atoms with Crippen LogP contribution in [0.3, 0.4) is 0 Å². The van der Waals surface area contributed by atoms with E-state index in [1.165, 1.54) is 11.3 Å². The van der Waals surface area contributed by atoms with Crippen LogP contribution in [0.4, 0.5) is 0 Å². The van der Waals surface area contributed by atoms with Gasteiger partial charge >= 0.3 is 5.97 Å². The second-order valence-corrected chi connectivity index (χ2v) is 5.90. The minimum atomic E-state index is -0.902. The molecule has 1 aromatic carbocycles. The van der Waals surface area contributed by atoms with E-state index in [0.717, 1.165) is 11.1 Å². The van der Waals surface area contributed by atoms with Crippen LogP contribution in [0.5, 0.6) is 0 Å². The Morgan fingerprint density at radius 1 is 1.38 bits per heavy atom. The van der Waals surface area contributed by atoms with Crippen LogP contribution >= 0.6 is 11.3 Å². The minimum Gasteiger partial charge on any atom is -0.481 e. The van der Waals surface area contributed by atoms with E-state index < -0.39 is 11.9 Å². The number of carboxylic acids is 1. The molecule has 1 aliphatic heterocycles. The number of aryl methyl sites for hydroxylation is 1. The van der Waals surface area contributed by atoms with Crippen molar-refractivity contribution in [3.05, 3.63) is 51.5 Å². The Balaban J connectivity index is 1.95. The number of carbonyl (C=O) groups is 2. The van der Waals surface area contributed by atoms with Crippen LogP contribution in [0, 0.1) is 6.92 Å². The van der Waals surface area contributed by atoms with Gasteiger partial charge in [-0.1, -0.05) is 24.3 Å². The molecule has 0 bridgehead atoms. The van der Waals surface area contributed by atoms with Crippen molar-refractivity contribution in [2.45, 2.75) is 19.4 Å². The summed E-state index contributed by atoms with van der Waals surface area (Å²) in [6.45, 7) is 2.43. The van der Waals surface area contributed by atoms with Gasteiger partial charge in [-0.25, -0.2) is 4.98 Å². The smallest absolute Gasteiger partial charge is 0.312 e. The van der Waals surface area contributed by atoms with E-state index in [-0.39, 0.29) is 12.5 Å². The predicted molar refractivity (Wildman–Crippen MR) is 78.4 cm³/mol. The van der Waals surface area contributed by atoms with E-state index in [4.69, 9.17) is 0 Å². The Labute approximate surface area is 125 Å². The maximum absolute atomic E-state index is 12.6. The summed E-state index contributed by atoms with van der Waals surface area (Å²) in [4.78, 5) is 30.3. The van der Waals surface area contributed by atoms with Crippen molar-refractivity contribution in [3.63, 3.8) is 0 Å². The van der Waals surface area contributed by atoms with E-state index in [9.17, 15) is 14.7 Å². The van der Waals surface area contributed by atoms with Gasteiger partial charge in [0.05, 0.1) is 17.1 Å². The summed E-state index contributed by atoms with van der Waals surface area (Å²) in [6.07, 6.45) is 0. The quantitative estimate of drug-likeness (QED) is 0.924. The van der Waals surface area contributed by atoms with Crippen molar-refractivity contribution in [1.82, 2.24) is 9.88 Å². The average Bonchev–Trinajstić information content (AvgIpc) is 2.91. The highest BCUT2D eigenvalue weighted by atomic mass is 32.1. The van der Waals surface area contributed by atoms with Gasteiger partial charge in [0.25, 0.3) is 5.91 Å². The summed E-state index contributed by atoms with van der Waals surface area (Å²) in [5, 5.41) is 9.42. The molecule has 0 saturated heterocycles. The molecule has 1 aliphatic rings. The van der Waals surface area contributed by atoms with Crippen molar-refractivity contribution in [3.8, 4) is 0 Å². The molecule has 1 unspecified atom stereocenters. The molecule has 2 heterocycles. The molecule has 0 radical (unpaired) electrons. The van der Waals surface area contributed by atoms with E-state index in [1.54, 1.807) is 17.3 Å². The molecule has 0 aliphatic carbocycles. The zero-order valence-corrected chi connectivity index (χ0v) is 12.3. The third kappa shape index (κ3) is 2.42. The van der Waals surface area contributed by atoms with Crippen molar-refractivity contribution >= 4 is 23.2 Å². The first-order chi connectivity index (χ1) is 10.1. The van der Waals surface area contributed by atoms with Gasteiger partial charge in [-0.15, -0.1) is 11.3 Å². The molecule has 1 aromatic heterocycles. The topological polar surface area (TPSA) is 70.5 Å². The number of aliphatic carboxylic acids is 1. The zero-order chi connectivity index (χ0) is 15.0. The molecule has 1 atom stereocenters. The summed E-state index contributed by atoms with van der Waals surface area (Å²) < 4.78 is 0. The highest BCUT2D eigenvalue weighted by Gasteiger charge is 2.33. The van der Waals surface area contributed by atoms with Gasteiger partial charge in [0.1, 0.15) is 4.88 Å². The lowest BCUT2D eigenvalue weighted by atomic mass is 9.89. The normalized spacial score (nSPS) is 17.4. The summed E-state index contributed by atoms with van der Waals surface area (Å²) in [6, 6.07) is 7.40. The third-order valence-electron chi connectivity index (χ3n) is 3.72. The lowest BCUT2D eigenvalue weighted by molar-refractivity contribution is -0.139. The molecular formula is C15H14N2O3S. The number of carbonyl (C=O) groups excluding carboxylic acids is 1. The lowest BCUT2D eigenvalue weighted by Crippen LogP contribution is -2.40. The average molecular weight is 302 g/mol. The third-order valence-corrected chi connectivity index (χ3v) is 4.64. The van der Waals surface area contributed by atoms with Crippen LogP contribution in [0.15, 0.2) is 29.8 Å². The van der Waals surface area contributed by atoms with Crippen LogP contribution in [0.1, 0.15) is 32.4 Å². The van der Waals surface area contributed by atoms with Crippen molar-refractivity contribution in [2.75, 3.05) is 6.54 Å². The minimum absolute atomic E-state index is 0.143. The summed E-state index contributed by atoms with van der Waals surface area (Å²) >= 11 is 1.29. The molecular weight excluding hydrogens is 288 g/mol. The number of carboxylic acid groups (broad SMARTS) is 1. The molecule has 0 saturated carbocycles. The second kappa shape index (κ2) is 5.29. The Bertz CT molecular complexity index is 710. The number of thiazole rings is 1. The van der Waals surface area contributed by atoms with Crippen molar-refractivity contribution < 1.29 is 14.7 Å². The molecule has 0 fully saturated rings. The van der Waals surface area contributed by atoms with Crippen molar-refractivity contribution in [2.24, 2.45) is 0 Å². The van der Waals surface area contributed by atoms with E-state index >= 15 is 0 Å². The van der Waals surface area contributed by atoms with E-state index in [0.29, 0.717) is 17.1 Å². The first-order valence-electron chi connectivity index (χ1n) is 6.58. The molecule has 6 heteroatoms. The molecule has 1 amide bonds. The fourth-order valence-electron chi connectivity index (χ4n) is 2.62. The number of benzene rings is 1. The maximum Gasteiger partial charge on any atom is 0.312 e. The van der Waals surface area contributed by atoms with Gasteiger partial charge < -0.3 is 10.0 Å². The monoisotopic (exact) mass is 302 g/mol. The van der Waals surface area contributed by atoms with Crippen molar-refractivity contribution in [1.29, 1.82) is 0 Å². The highest BCUT2D eigenvalue weighted by Crippen LogP contribution is 2.30. The van der Waals surface area contributed by atoms with Gasteiger partial charge in [0, 0.05) is 13.1 Å². The fraction of sp³-hybridized carbons (Fsp3) is 0.267. The number of nitrogens with zero attached hydrogens (tertiary/aromatic N) is 2. The SMILES string of the molecule is Cc1ncsc1C(=O)N1Cc2ccccc2C(C(=O)O)C1. The number of fused-ring (bicyclic) bond motifs is 1.